The van der Waals surface area contributed by atoms with Gasteiger partial charge in [-0.25, -0.2) is 0 Å². The predicted octanol–water partition coefficient (Wildman–Crippen LogP) is 7.84. The first kappa shape index (κ1) is 27.6. The molecule has 0 saturated heterocycles. The van der Waals surface area contributed by atoms with Crippen LogP contribution in [0.5, 0.6) is 0 Å². The molecule has 1 heterocycles. The van der Waals surface area contributed by atoms with Crippen LogP contribution in [0.25, 0.3) is 22.0 Å². The molecule has 0 radical (unpaired) electrons. The number of carbonyl (C=O) groups excluding carboxylic acids is 2. The van der Waals surface area contributed by atoms with Crippen LogP contribution in [-0.2, 0) is 11.7 Å². The highest BCUT2D eigenvalue weighted by atomic mass is 19.4. The highest BCUT2D eigenvalue weighted by Crippen LogP contribution is 2.32. The van der Waals surface area contributed by atoms with Crippen LogP contribution in [0, 0.1) is 0 Å². The summed E-state index contributed by atoms with van der Waals surface area (Å²) in [4.78, 5) is 30.6. The zero-order valence-electron chi connectivity index (χ0n) is 22.3. The second-order valence-corrected chi connectivity index (χ2v) is 10.2. The van der Waals surface area contributed by atoms with E-state index < -0.39 is 23.2 Å². The van der Waals surface area contributed by atoms with Crippen LogP contribution in [0.4, 0.5) is 18.9 Å². The third kappa shape index (κ3) is 6.11. The Kier molecular flexibility index (Phi) is 7.32. The predicted molar refractivity (Wildman–Crippen MR) is 154 cm³/mol. The van der Waals surface area contributed by atoms with Crippen LogP contribution in [-0.4, -0.2) is 16.8 Å². The van der Waals surface area contributed by atoms with Gasteiger partial charge in [-0.2, -0.15) is 13.2 Å². The largest absolute Gasteiger partial charge is 0.416 e. The number of aromatic nitrogens is 1. The molecule has 2 N–H and O–H groups in total. The third-order valence-electron chi connectivity index (χ3n) is 6.82. The Morgan fingerprint density at radius 1 is 0.732 bits per heavy atom. The number of carbonyl (C=O) groups is 2. The van der Waals surface area contributed by atoms with Gasteiger partial charge in [-0.1, -0.05) is 66.7 Å². The Hall–Kier alpha value is -4.98. The lowest BCUT2D eigenvalue weighted by molar-refractivity contribution is -0.137. The summed E-state index contributed by atoms with van der Waals surface area (Å²) < 4.78 is 39.0. The fraction of sp³-hybridized carbons (Fsp3) is 0.121. The van der Waals surface area contributed by atoms with Gasteiger partial charge >= 0.3 is 6.18 Å². The maximum absolute atomic E-state index is 13.2. The summed E-state index contributed by atoms with van der Waals surface area (Å²) >= 11 is 0. The molecule has 0 fully saturated rings. The van der Waals surface area contributed by atoms with E-state index in [9.17, 15) is 22.8 Å². The molecular weight excluding hydrogens is 527 g/mol. The average Bonchev–Trinajstić information content (AvgIpc) is 2.96. The van der Waals surface area contributed by atoms with Crippen LogP contribution in [0.3, 0.4) is 0 Å². The van der Waals surface area contributed by atoms with Crippen molar-refractivity contribution in [3.05, 3.63) is 132 Å². The lowest BCUT2D eigenvalue weighted by Crippen LogP contribution is -2.41. The van der Waals surface area contributed by atoms with Crippen LogP contribution in [0.2, 0.25) is 0 Å². The smallest absolute Gasteiger partial charge is 0.343 e. The monoisotopic (exact) mass is 553 g/mol. The number of halogens is 3. The molecule has 206 valence electrons. The first-order valence-electron chi connectivity index (χ1n) is 12.9. The van der Waals surface area contributed by atoms with E-state index in [4.69, 9.17) is 0 Å². The molecule has 0 bridgehead atoms. The quantitative estimate of drug-likeness (QED) is 0.225. The summed E-state index contributed by atoms with van der Waals surface area (Å²) in [6, 6.07) is 28.0. The van der Waals surface area contributed by atoms with Gasteiger partial charge in [0.15, 0.2) is 0 Å². The molecule has 5 nitrogen and oxygen atoms in total. The molecule has 0 saturated carbocycles. The Bertz CT molecular complexity index is 1730. The molecule has 0 unspecified atom stereocenters. The highest BCUT2D eigenvalue weighted by molar-refractivity contribution is 6.09. The van der Waals surface area contributed by atoms with Crippen LogP contribution in [0.1, 0.15) is 45.7 Å². The highest BCUT2D eigenvalue weighted by Gasteiger charge is 2.30. The number of anilines is 1. The van der Waals surface area contributed by atoms with E-state index in [1.165, 1.54) is 18.3 Å². The van der Waals surface area contributed by atoms with E-state index >= 15 is 0 Å². The molecule has 4 aromatic carbocycles. The van der Waals surface area contributed by atoms with E-state index in [0.29, 0.717) is 33.5 Å². The molecule has 1 aromatic heterocycles. The minimum atomic E-state index is -4.44. The number of nitrogens with one attached hydrogen (secondary N) is 2. The Labute approximate surface area is 235 Å². The number of benzene rings is 4. The molecule has 8 heteroatoms. The van der Waals surface area contributed by atoms with Gasteiger partial charge in [-0.15, -0.1) is 0 Å². The lowest BCUT2D eigenvalue weighted by Gasteiger charge is -2.27. The van der Waals surface area contributed by atoms with Gasteiger partial charge in [-0.3, -0.25) is 14.6 Å². The molecule has 0 aliphatic heterocycles. The van der Waals surface area contributed by atoms with Gasteiger partial charge < -0.3 is 10.6 Å². The molecule has 5 rings (SSSR count). The number of nitrogens with zero attached hydrogens (tertiary/aromatic N) is 1. The SMILES string of the molecule is CC(C)(NC(=O)c1cnc2cc(NC(=O)c3ccccc3-c3ccc(C(F)(F)F)cc3)ccc2c1)c1ccccc1. The van der Waals surface area contributed by atoms with Crippen molar-refractivity contribution in [2.24, 2.45) is 0 Å². The first-order chi connectivity index (χ1) is 19.5. The zero-order valence-corrected chi connectivity index (χ0v) is 22.3. The molecule has 0 aliphatic carbocycles. The fourth-order valence-electron chi connectivity index (χ4n) is 4.58. The summed E-state index contributed by atoms with van der Waals surface area (Å²) in [6.07, 6.45) is -2.95. The van der Waals surface area contributed by atoms with Gasteiger partial charge in [0.2, 0.25) is 0 Å². The molecular formula is C33H26F3N3O2. The van der Waals surface area contributed by atoms with Crippen molar-refractivity contribution in [2.75, 3.05) is 5.32 Å². The van der Waals surface area contributed by atoms with E-state index in [2.05, 4.69) is 15.6 Å². The zero-order chi connectivity index (χ0) is 29.2. The van der Waals surface area contributed by atoms with Crippen LogP contribution >= 0.6 is 0 Å². The van der Waals surface area contributed by atoms with Crippen LogP contribution in [0.15, 0.2) is 109 Å². The van der Waals surface area contributed by atoms with Gasteiger partial charge in [0.05, 0.1) is 22.2 Å². The number of fused-ring (bicyclic) bond motifs is 1. The Balaban J connectivity index is 1.33. The van der Waals surface area contributed by atoms with Crippen molar-refractivity contribution >= 4 is 28.4 Å². The number of hydrogen-bond acceptors (Lipinski definition) is 3. The lowest BCUT2D eigenvalue weighted by atomic mass is 9.94. The van der Waals surface area contributed by atoms with Crippen LogP contribution < -0.4 is 10.6 Å². The number of hydrogen-bond donors (Lipinski definition) is 2. The molecule has 5 aromatic rings. The Morgan fingerprint density at radius 3 is 2.12 bits per heavy atom. The molecule has 2 amide bonds. The second-order valence-electron chi connectivity index (χ2n) is 10.2. The molecule has 0 atom stereocenters. The number of alkyl halides is 3. The van der Waals surface area contributed by atoms with Gasteiger partial charge in [-0.05, 0) is 66.9 Å². The van der Waals surface area contributed by atoms with Crippen molar-refractivity contribution in [1.82, 2.24) is 10.3 Å². The molecule has 0 spiro atoms. The van der Waals surface area contributed by atoms with Crippen molar-refractivity contribution < 1.29 is 22.8 Å². The van der Waals surface area contributed by atoms with E-state index in [-0.39, 0.29) is 5.91 Å². The standard InChI is InChI=1S/C33H26F3N3O2/c1-32(2,24-8-4-3-5-9-24)39-30(40)23-18-22-14-17-26(19-29(22)37-20-23)38-31(41)28-11-7-6-10-27(28)21-12-15-25(16-13-21)33(34,35)36/h3-20H,1-2H3,(H,38,41)(H,39,40). The maximum Gasteiger partial charge on any atom is 0.416 e. The Morgan fingerprint density at radius 2 is 1.41 bits per heavy atom. The number of amides is 2. The van der Waals surface area contributed by atoms with Crippen molar-refractivity contribution in [3.63, 3.8) is 0 Å². The van der Waals surface area contributed by atoms with Crippen molar-refractivity contribution in [2.45, 2.75) is 25.6 Å². The normalized spacial score (nSPS) is 11.7. The van der Waals surface area contributed by atoms with E-state index in [1.807, 2.05) is 44.2 Å². The summed E-state index contributed by atoms with van der Waals surface area (Å²) in [7, 11) is 0. The van der Waals surface area contributed by atoms with Crippen molar-refractivity contribution in [1.29, 1.82) is 0 Å². The number of rotatable bonds is 6. The topological polar surface area (TPSA) is 71.1 Å². The number of pyridine rings is 1. The van der Waals surface area contributed by atoms with Gasteiger partial charge in [0, 0.05) is 22.8 Å². The maximum atomic E-state index is 13.2. The summed E-state index contributed by atoms with van der Waals surface area (Å²) in [5.74, 6) is -0.676. The fourth-order valence-corrected chi connectivity index (χ4v) is 4.58. The molecule has 41 heavy (non-hydrogen) atoms. The van der Waals surface area contributed by atoms with E-state index in [1.54, 1.807) is 48.5 Å². The summed E-state index contributed by atoms with van der Waals surface area (Å²) in [6.45, 7) is 3.86. The van der Waals surface area contributed by atoms with Crippen molar-refractivity contribution in [3.8, 4) is 11.1 Å². The van der Waals surface area contributed by atoms with Gasteiger partial charge in [0.25, 0.3) is 11.8 Å². The average molecular weight is 554 g/mol. The minimum Gasteiger partial charge on any atom is -0.343 e. The molecule has 0 aliphatic rings. The second kappa shape index (κ2) is 10.9. The summed E-state index contributed by atoms with van der Waals surface area (Å²) in [5.41, 5.74) is 2.42. The summed E-state index contributed by atoms with van der Waals surface area (Å²) in [5, 5.41) is 6.61. The third-order valence-corrected chi connectivity index (χ3v) is 6.82. The first-order valence-corrected chi connectivity index (χ1v) is 12.9. The minimum absolute atomic E-state index is 0.259. The van der Waals surface area contributed by atoms with E-state index in [0.717, 1.165) is 23.1 Å². The van der Waals surface area contributed by atoms with Gasteiger partial charge in [0.1, 0.15) is 0 Å².